The van der Waals surface area contributed by atoms with Crippen LogP contribution in [0.4, 0.5) is 5.69 Å². The van der Waals surface area contributed by atoms with Crippen LogP contribution in [0.15, 0.2) is 67.3 Å². The Morgan fingerprint density at radius 1 is 1.09 bits per heavy atom. The molecule has 1 aliphatic carbocycles. The van der Waals surface area contributed by atoms with E-state index < -0.39 is 6.10 Å². The number of morpholine rings is 1. The molecule has 14 nitrogen and oxygen atoms in total. The van der Waals surface area contributed by atoms with Crippen molar-refractivity contribution >= 4 is 40.0 Å². The van der Waals surface area contributed by atoms with Crippen molar-refractivity contribution in [1.82, 2.24) is 34.6 Å². The monoisotopic (exact) mass is 736 g/mol. The van der Waals surface area contributed by atoms with Crippen LogP contribution in [0.25, 0.3) is 16.6 Å². The SMILES string of the molecule is CC(C)Oc1cc2nn(C3CCCCC3)cc2cc1C(=O)Nc1cnn2cccnc12.CN1CCOCC1Cc1ccc(OC2CCC(=O)NC2=O)cc1. The molecule has 14 heteroatoms. The van der Waals surface area contributed by atoms with Gasteiger partial charge in [0.15, 0.2) is 11.8 Å². The third-order valence-corrected chi connectivity index (χ3v) is 10.1. The first kappa shape index (κ1) is 37.0. The van der Waals surface area contributed by atoms with E-state index in [1.807, 2.05) is 50.2 Å². The van der Waals surface area contributed by atoms with E-state index >= 15 is 0 Å². The number of fused-ring (bicyclic) bond motifs is 2. The summed E-state index contributed by atoms with van der Waals surface area (Å²) in [4.78, 5) is 42.7. The average molecular weight is 737 g/mol. The van der Waals surface area contributed by atoms with Crippen molar-refractivity contribution in [3.8, 4) is 11.5 Å². The quantitative estimate of drug-likeness (QED) is 0.189. The van der Waals surface area contributed by atoms with E-state index in [1.165, 1.54) is 24.8 Å². The van der Waals surface area contributed by atoms with Gasteiger partial charge in [0, 0.05) is 55.5 Å². The molecule has 3 amide bonds. The molecule has 2 unspecified atom stereocenters. The number of carbonyl (C=O) groups excluding carboxylic acids is 3. The molecule has 5 heterocycles. The summed E-state index contributed by atoms with van der Waals surface area (Å²) in [5.41, 5.74) is 3.67. The summed E-state index contributed by atoms with van der Waals surface area (Å²) in [6.07, 6.45) is 14.2. The fraction of sp³-hybridized carbons (Fsp3) is 0.450. The molecule has 3 fully saturated rings. The third kappa shape index (κ3) is 8.88. The van der Waals surface area contributed by atoms with Crippen molar-refractivity contribution in [2.75, 3.05) is 32.1 Å². The summed E-state index contributed by atoms with van der Waals surface area (Å²) in [6, 6.07) is 14.1. The highest BCUT2D eigenvalue weighted by molar-refractivity contribution is 6.09. The highest BCUT2D eigenvalue weighted by Crippen LogP contribution is 2.32. The molecule has 5 aromatic rings. The van der Waals surface area contributed by atoms with Crippen LogP contribution in [0.1, 0.15) is 80.8 Å². The Hall–Kier alpha value is -5.34. The number of benzene rings is 2. The van der Waals surface area contributed by atoms with Gasteiger partial charge in [-0.05, 0) is 70.0 Å². The number of aromatic nitrogens is 5. The van der Waals surface area contributed by atoms with Gasteiger partial charge in [0.25, 0.3) is 11.8 Å². The number of hydrogen-bond donors (Lipinski definition) is 2. The standard InChI is InChI=1S/C23H26N6O2.C17H22N2O4/c1-15(2)31-21-12-19-16(14-29(27-19)17-7-4-3-5-8-17)11-18(21)23(30)26-20-13-25-28-10-6-9-24-22(20)28;1-19-8-9-22-11-13(19)10-12-2-4-14(5-3-12)23-15-6-7-16(20)18-17(15)21/h6,9-15,17H,3-5,7-8H2,1-2H3,(H,26,30);2-5,13,15H,6-11H2,1H3,(H,18,20,21). The van der Waals surface area contributed by atoms with Gasteiger partial charge in [0.2, 0.25) is 5.91 Å². The van der Waals surface area contributed by atoms with Crippen LogP contribution in [-0.4, -0.2) is 92.1 Å². The summed E-state index contributed by atoms with van der Waals surface area (Å²) in [6.45, 7) is 6.40. The summed E-state index contributed by atoms with van der Waals surface area (Å²) in [5.74, 6) is 0.327. The molecule has 0 radical (unpaired) electrons. The fourth-order valence-electron chi connectivity index (χ4n) is 7.12. The predicted molar refractivity (Wildman–Crippen MR) is 203 cm³/mol. The van der Waals surface area contributed by atoms with Crippen LogP contribution in [0, 0.1) is 0 Å². The highest BCUT2D eigenvalue weighted by atomic mass is 16.5. The van der Waals surface area contributed by atoms with E-state index in [0.717, 1.165) is 49.9 Å². The lowest BCUT2D eigenvalue weighted by atomic mass is 9.96. The fourth-order valence-corrected chi connectivity index (χ4v) is 7.12. The van der Waals surface area contributed by atoms with Crippen LogP contribution in [-0.2, 0) is 20.7 Å². The summed E-state index contributed by atoms with van der Waals surface area (Å²) in [5, 5.41) is 15.2. The van der Waals surface area contributed by atoms with E-state index in [-0.39, 0.29) is 23.8 Å². The minimum Gasteiger partial charge on any atom is -0.490 e. The van der Waals surface area contributed by atoms with Crippen molar-refractivity contribution in [3.05, 3.63) is 78.4 Å². The Morgan fingerprint density at radius 2 is 1.91 bits per heavy atom. The Morgan fingerprint density at radius 3 is 2.67 bits per heavy atom. The topological polar surface area (TPSA) is 154 Å². The Bertz CT molecular complexity index is 2090. The predicted octanol–water partition coefficient (Wildman–Crippen LogP) is 5.37. The maximum absolute atomic E-state index is 13.2. The number of rotatable bonds is 9. The maximum Gasteiger partial charge on any atom is 0.267 e. The van der Waals surface area contributed by atoms with Crippen molar-refractivity contribution in [2.45, 2.75) is 89.5 Å². The van der Waals surface area contributed by atoms with E-state index in [4.69, 9.17) is 19.3 Å². The lowest BCUT2D eigenvalue weighted by Crippen LogP contribution is -2.46. The molecule has 0 bridgehead atoms. The minimum atomic E-state index is -0.587. The Kier molecular flexibility index (Phi) is 11.5. The van der Waals surface area contributed by atoms with Gasteiger partial charge in [-0.15, -0.1) is 0 Å². The Labute approximate surface area is 314 Å². The molecular formula is C40H48N8O6. The number of carbonyl (C=O) groups is 3. The van der Waals surface area contributed by atoms with Gasteiger partial charge in [0.05, 0.1) is 42.6 Å². The van der Waals surface area contributed by atoms with E-state index in [2.05, 4.69) is 43.5 Å². The van der Waals surface area contributed by atoms with Gasteiger partial charge in [-0.2, -0.15) is 10.2 Å². The zero-order valence-corrected chi connectivity index (χ0v) is 31.1. The second-order valence-corrected chi connectivity index (χ2v) is 14.5. The summed E-state index contributed by atoms with van der Waals surface area (Å²) in [7, 11) is 2.12. The van der Waals surface area contributed by atoms with Gasteiger partial charge >= 0.3 is 0 Å². The van der Waals surface area contributed by atoms with Gasteiger partial charge < -0.3 is 19.5 Å². The summed E-state index contributed by atoms with van der Waals surface area (Å²) >= 11 is 0. The maximum atomic E-state index is 13.2. The average Bonchev–Trinajstić information content (AvgIpc) is 3.78. The highest BCUT2D eigenvalue weighted by Gasteiger charge is 2.28. The molecule has 8 rings (SSSR count). The second kappa shape index (κ2) is 16.8. The van der Waals surface area contributed by atoms with Crippen LogP contribution < -0.4 is 20.1 Å². The molecule has 3 aromatic heterocycles. The minimum absolute atomic E-state index is 0.0666. The molecule has 2 aliphatic heterocycles. The zero-order valence-electron chi connectivity index (χ0n) is 31.1. The largest absolute Gasteiger partial charge is 0.490 e. The van der Waals surface area contributed by atoms with E-state index in [0.29, 0.717) is 53.3 Å². The number of piperidine rings is 1. The van der Waals surface area contributed by atoms with Crippen LogP contribution in [0.3, 0.4) is 0 Å². The molecule has 3 aliphatic rings. The number of imide groups is 1. The van der Waals surface area contributed by atoms with Crippen LogP contribution in [0.2, 0.25) is 0 Å². The van der Waals surface area contributed by atoms with Crippen molar-refractivity contribution in [1.29, 1.82) is 0 Å². The first-order valence-electron chi connectivity index (χ1n) is 18.9. The van der Waals surface area contributed by atoms with Crippen molar-refractivity contribution in [2.24, 2.45) is 0 Å². The number of anilines is 1. The molecule has 2 aromatic carbocycles. The molecule has 54 heavy (non-hydrogen) atoms. The second-order valence-electron chi connectivity index (χ2n) is 14.5. The number of nitrogens with one attached hydrogen (secondary N) is 2. The number of ether oxygens (including phenoxy) is 3. The normalized spacial score (nSPS) is 19.7. The van der Waals surface area contributed by atoms with Crippen molar-refractivity contribution in [3.63, 3.8) is 0 Å². The van der Waals surface area contributed by atoms with Crippen molar-refractivity contribution < 1.29 is 28.6 Å². The molecule has 2 atom stereocenters. The Balaban J connectivity index is 0.000000175. The lowest BCUT2D eigenvalue weighted by Gasteiger charge is -2.32. The van der Waals surface area contributed by atoms with Gasteiger partial charge in [-0.3, -0.25) is 29.3 Å². The number of amides is 3. The molecule has 284 valence electrons. The molecule has 1 saturated carbocycles. The lowest BCUT2D eigenvalue weighted by molar-refractivity contribution is -0.138. The van der Waals surface area contributed by atoms with E-state index in [1.54, 1.807) is 29.2 Å². The van der Waals surface area contributed by atoms with Gasteiger partial charge in [-0.25, -0.2) is 9.50 Å². The number of nitrogens with zero attached hydrogens (tertiary/aromatic N) is 6. The van der Waals surface area contributed by atoms with Crippen LogP contribution >= 0.6 is 0 Å². The number of hydrogen-bond acceptors (Lipinski definition) is 10. The zero-order chi connectivity index (χ0) is 37.6. The molecule has 2 saturated heterocycles. The molecule has 0 spiro atoms. The summed E-state index contributed by atoms with van der Waals surface area (Å²) < 4.78 is 20.9. The van der Waals surface area contributed by atoms with Crippen LogP contribution in [0.5, 0.6) is 11.5 Å². The number of likely N-dealkylation sites (N-methyl/N-ethyl adjacent to an activating group) is 1. The first-order valence-corrected chi connectivity index (χ1v) is 18.9. The van der Waals surface area contributed by atoms with Gasteiger partial charge in [-0.1, -0.05) is 31.4 Å². The first-order chi connectivity index (χ1) is 26.2. The third-order valence-electron chi connectivity index (χ3n) is 10.1. The van der Waals surface area contributed by atoms with E-state index in [9.17, 15) is 14.4 Å². The molecular weight excluding hydrogens is 688 g/mol. The molecule has 2 N–H and O–H groups in total. The van der Waals surface area contributed by atoms with Gasteiger partial charge in [0.1, 0.15) is 17.2 Å². The smallest absolute Gasteiger partial charge is 0.267 e.